The van der Waals surface area contributed by atoms with Gasteiger partial charge in [-0.1, -0.05) is 0 Å². The van der Waals surface area contributed by atoms with E-state index in [0.29, 0.717) is 5.69 Å². The molecule has 8 heteroatoms. The number of carbonyl (C=O) groups is 2. The fourth-order valence-electron chi connectivity index (χ4n) is 1.36. The van der Waals surface area contributed by atoms with Gasteiger partial charge in [0.05, 0.1) is 11.5 Å². The number of non-ortho nitro benzene ring substituents is 1. The molecule has 1 N–H and O–H groups in total. The molecule has 0 aliphatic rings. The van der Waals surface area contributed by atoms with Crippen molar-refractivity contribution in [1.82, 2.24) is 4.90 Å². The van der Waals surface area contributed by atoms with Crippen molar-refractivity contribution < 1.29 is 19.2 Å². The Kier molecular flexibility index (Phi) is 5.45. The van der Waals surface area contributed by atoms with E-state index in [-0.39, 0.29) is 18.8 Å². The lowest BCUT2D eigenvalue weighted by atomic mass is 10.3. The Morgan fingerprint density at radius 3 is 2.45 bits per heavy atom. The van der Waals surface area contributed by atoms with Crippen molar-refractivity contribution in [3.63, 3.8) is 0 Å². The Bertz CT molecular complexity index is 500. The lowest BCUT2D eigenvalue weighted by Gasteiger charge is -2.16. The van der Waals surface area contributed by atoms with E-state index in [9.17, 15) is 19.7 Å². The van der Waals surface area contributed by atoms with Crippen LogP contribution in [0.4, 0.5) is 16.2 Å². The summed E-state index contributed by atoms with van der Waals surface area (Å²) < 4.78 is 4.72. The molecule has 0 heterocycles. The number of esters is 1. The van der Waals surface area contributed by atoms with Crippen LogP contribution >= 0.6 is 0 Å². The van der Waals surface area contributed by atoms with E-state index in [2.05, 4.69) is 5.32 Å². The summed E-state index contributed by atoms with van der Waals surface area (Å²) >= 11 is 0. The van der Waals surface area contributed by atoms with Gasteiger partial charge in [-0.3, -0.25) is 14.9 Å². The second-order valence-corrected chi connectivity index (χ2v) is 3.90. The number of nitro groups is 1. The lowest BCUT2D eigenvalue weighted by molar-refractivity contribution is -0.384. The highest BCUT2D eigenvalue weighted by molar-refractivity contribution is 5.91. The summed E-state index contributed by atoms with van der Waals surface area (Å²) in [6.07, 6.45) is 0. The molecule has 1 aromatic rings. The lowest BCUT2D eigenvalue weighted by Crippen LogP contribution is -2.36. The quantitative estimate of drug-likeness (QED) is 0.502. The van der Waals surface area contributed by atoms with Crippen molar-refractivity contribution in [3.8, 4) is 0 Å². The number of hydrogen-bond acceptors (Lipinski definition) is 5. The predicted octanol–water partition coefficient (Wildman–Crippen LogP) is 1.62. The smallest absolute Gasteiger partial charge is 0.325 e. The van der Waals surface area contributed by atoms with Crippen LogP contribution < -0.4 is 5.32 Å². The van der Waals surface area contributed by atoms with E-state index in [4.69, 9.17) is 4.74 Å². The SMILES string of the molecule is CCOC(=O)CN(C)C(=O)Nc1ccc([N+](=O)[O-])cc1. The van der Waals surface area contributed by atoms with Gasteiger partial charge in [0.25, 0.3) is 5.69 Å². The molecule has 0 spiro atoms. The first-order chi connectivity index (χ1) is 9.43. The van der Waals surface area contributed by atoms with Crippen molar-refractivity contribution >= 4 is 23.4 Å². The van der Waals surface area contributed by atoms with Gasteiger partial charge in [-0.2, -0.15) is 0 Å². The minimum atomic E-state index is -0.529. The number of amides is 2. The van der Waals surface area contributed by atoms with E-state index in [0.717, 1.165) is 4.90 Å². The number of nitrogens with one attached hydrogen (secondary N) is 1. The van der Waals surface area contributed by atoms with E-state index >= 15 is 0 Å². The van der Waals surface area contributed by atoms with E-state index in [1.165, 1.54) is 31.3 Å². The van der Waals surface area contributed by atoms with Gasteiger partial charge in [0.1, 0.15) is 6.54 Å². The molecule has 0 aliphatic heterocycles. The van der Waals surface area contributed by atoms with E-state index < -0.39 is 16.9 Å². The number of hydrogen-bond donors (Lipinski definition) is 1. The first-order valence-electron chi connectivity index (χ1n) is 5.86. The molecule has 20 heavy (non-hydrogen) atoms. The summed E-state index contributed by atoms with van der Waals surface area (Å²) in [5.41, 5.74) is 0.333. The van der Waals surface area contributed by atoms with Crippen LogP contribution in [0.5, 0.6) is 0 Å². The van der Waals surface area contributed by atoms with E-state index in [1.54, 1.807) is 6.92 Å². The van der Waals surface area contributed by atoms with Crippen molar-refractivity contribution in [2.45, 2.75) is 6.92 Å². The molecule has 0 saturated heterocycles. The first-order valence-corrected chi connectivity index (χ1v) is 5.86. The number of carbonyl (C=O) groups excluding carboxylic acids is 2. The molecule has 0 atom stereocenters. The topological polar surface area (TPSA) is 102 Å². The highest BCUT2D eigenvalue weighted by Gasteiger charge is 2.14. The van der Waals surface area contributed by atoms with Gasteiger partial charge in [-0.05, 0) is 19.1 Å². The molecule has 108 valence electrons. The molecule has 0 aliphatic carbocycles. The van der Waals surface area contributed by atoms with Crippen LogP contribution in [0.15, 0.2) is 24.3 Å². The molecule has 0 radical (unpaired) electrons. The fraction of sp³-hybridized carbons (Fsp3) is 0.333. The van der Waals surface area contributed by atoms with Crippen molar-refractivity contribution in [1.29, 1.82) is 0 Å². The Hall–Kier alpha value is -2.64. The monoisotopic (exact) mass is 281 g/mol. The van der Waals surface area contributed by atoms with Crippen LogP contribution in [0.2, 0.25) is 0 Å². The normalized spacial score (nSPS) is 9.70. The maximum absolute atomic E-state index is 11.7. The standard InChI is InChI=1S/C12H15N3O5/c1-3-20-11(16)8-14(2)12(17)13-9-4-6-10(7-5-9)15(18)19/h4-7H,3,8H2,1-2H3,(H,13,17). The molecule has 1 aromatic carbocycles. The van der Waals surface area contributed by atoms with Crippen molar-refractivity contribution in [2.24, 2.45) is 0 Å². The summed E-state index contributed by atoms with van der Waals surface area (Å²) in [6.45, 7) is 1.75. The number of benzene rings is 1. The van der Waals surface area contributed by atoms with Gasteiger partial charge in [0.2, 0.25) is 0 Å². The molecule has 1 rings (SSSR count). The van der Waals surface area contributed by atoms with Gasteiger partial charge in [-0.15, -0.1) is 0 Å². The summed E-state index contributed by atoms with van der Waals surface area (Å²) in [5.74, 6) is -0.506. The first kappa shape index (κ1) is 15.4. The highest BCUT2D eigenvalue weighted by Crippen LogP contribution is 2.15. The van der Waals surface area contributed by atoms with Gasteiger partial charge < -0.3 is 15.0 Å². The molecule has 0 aromatic heterocycles. The van der Waals surface area contributed by atoms with Crippen LogP contribution in [0.25, 0.3) is 0 Å². The molecule has 0 saturated carbocycles. The number of ether oxygens (including phenoxy) is 1. The summed E-state index contributed by atoms with van der Waals surface area (Å²) in [5, 5.41) is 13.0. The summed E-state index contributed by atoms with van der Waals surface area (Å²) in [4.78, 5) is 34.1. The maximum Gasteiger partial charge on any atom is 0.325 e. The van der Waals surface area contributed by atoms with Crippen LogP contribution in [-0.4, -0.2) is 42.0 Å². The van der Waals surface area contributed by atoms with Gasteiger partial charge >= 0.3 is 12.0 Å². The Morgan fingerprint density at radius 1 is 1.35 bits per heavy atom. The molecular weight excluding hydrogens is 266 g/mol. The number of rotatable bonds is 5. The van der Waals surface area contributed by atoms with Crippen LogP contribution in [-0.2, 0) is 9.53 Å². The predicted molar refractivity (Wildman–Crippen MR) is 71.4 cm³/mol. The molecule has 0 fully saturated rings. The van der Waals surface area contributed by atoms with Gasteiger partial charge in [-0.25, -0.2) is 4.79 Å². The van der Waals surface area contributed by atoms with E-state index in [1.807, 2.05) is 0 Å². The number of urea groups is 1. The average molecular weight is 281 g/mol. The number of anilines is 1. The van der Waals surface area contributed by atoms with Crippen LogP contribution in [0.1, 0.15) is 6.92 Å². The number of likely N-dealkylation sites (N-methyl/N-ethyl adjacent to an activating group) is 1. The molecule has 0 bridgehead atoms. The average Bonchev–Trinajstić information content (AvgIpc) is 2.39. The summed E-state index contributed by atoms with van der Waals surface area (Å²) in [7, 11) is 1.44. The number of nitrogens with zero attached hydrogens (tertiary/aromatic N) is 2. The zero-order valence-electron chi connectivity index (χ0n) is 11.2. The third kappa shape index (κ3) is 4.56. The Labute approximate surface area is 115 Å². The molecule has 8 nitrogen and oxygen atoms in total. The largest absolute Gasteiger partial charge is 0.465 e. The number of nitro benzene ring substituents is 1. The van der Waals surface area contributed by atoms with Gasteiger partial charge in [0.15, 0.2) is 0 Å². The zero-order chi connectivity index (χ0) is 15.1. The van der Waals surface area contributed by atoms with Crippen molar-refractivity contribution in [2.75, 3.05) is 25.5 Å². The third-order valence-electron chi connectivity index (χ3n) is 2.35. The Balaban J connectivity index is 2.57. The Morgan fingerprint density at radius 2 is 1.95 bits per heavy atom. The third-order valence-corrected chi connectivity index (χ3v) is 2.35. The van der Waals surface area contributed by atoms with Crippen molar-refractivity contribution in [3.05, 3.63) is 34.4 Å². The highest BCUT2D eigenvalue weighted by atomic mass is 16.6. The molecular formula is C12H15N3O5. The minimum Gasteiger partial charge on any atom is -0.465 e. The minimum absolute atomic E-state index is 0.0668. The van der Waals surface area contributed by atoms with Crippen LogP contribution in [0, 0.1) is 10.1 Å². The second kappa shape index (κ2) is 7.07. The zero-order valence-corrected chi connectivity index (χ0v) is 11.2. The fourth-order valence-corrected chi connectivity index (χ4v) is 1.36. The summed E-state index contributed by atoms with van der Waals surface area (Å²) in [6, 6.07) is 4.87. The van der Waals surface area contributed by atoms with Gasteiger partial charge in [0, 0.05) is 24.9 Å². The molecule has 2 amide bonds. The van der Waals surface area contributed by atoms with Crippen LogP contribution in [0.3, 0.4) is 0 Å². The second-order valence-electron chi connectivity index (χ2n) is 3.90. The molecule has 0 unspecified atom stereocenters. The maximum atomic E-state index is 11.7.